The Morgan fingerprint density at radius 1 is 0.933 bits per heavy atom. The molecule has 2 aromatic carbocycles. The lowest BCUT2D eigenvalue weighted by Gasteiger charge is -2.22. The minimum Gasteiger partial charge on any atom is -0.426 e. The van der Waals surface area contributed by atoms with Crippen molar-refractivity contribution in [3.8, 4) is 0 Å². The SMILES string of the molecule is O=C(CCC(=O)OC1=C/C=C\C=c2\ccc3ccccc3\c2=C\1)NC1CCCCC1. The van der Waals surface area contributed by atoms with E-state index in [-0.39, 0.29) is 24.8 Å². The Balaban J connectivity index is 1.44. The van der Waals surface area contributed by atoms with Crippen molar-refractivity contribution >= 4 is 34.8 Å². The number of carbonyl (C=O) groups is 2. The number of carbonyl (C=O) groups excluding carboxylic acids is 2. The fourth-order valence-corrected chi connectivity index (χ4v) is 4.13. The zero-order valence-electron chi connectivity index (χ0n) is 17.1. The zero-order chi connectivity index (χ0) is 20.8. The van der Waals surface area contributed by atoms with Crippen molar-refractivity contribution < 1.29 is 14.3 Å². The lowest BCUT2D eigenvalue weighted by atomic mass is 9.95. The molecule has 0 bridgehead atoms. The molecule has 0 saturated heterocycles. The molecule has 1 amide bonds. The molecular weight excluding hydrogens is 374 g/mol. The van der Waals surface area contributed by atoms with Crippen molar-refractivity contribution in [1.82, 2.24) is 5.32 Å². The number of amides is 1. The van der Waals surface area contributed by atoms with E-state index in [0.717, 1.165) is 46.9 Å². The average Bonchev–Trinajstić information content (AvgIpc) is 2.75. The molecule has 0 aliphatic heterocycles. The molecule has 0 radical (unpaired) electrons. The fourth-order valence-electron chi connectivity index (χ4n) is 4.13. The van der Waals surface area contributed by atoms with Gasteiger partial charge < -0.3 is 10.1 Å². The number of allylic oxidation sites excluding steroid dienone is 4. The molecule has 0 aromatic heterocycles. The second kappa shape index (κ2) is 9.57. The average molecular weight is 402 g/mol. The summed E-state index contributed by atoms with van der Waals surface area (Å²) in [6.07, 6.45) is 15.4. The highest BCUT2D eigenvalue weighted by molar-refractivity contribution is 5.85. The standard InChI is InChI=1S/C26H27NO3/c28-25(27-21-10-2-1-3-11-21)16-17-26(29)30-22-12-6-4-9-20-15-14-19-8-5-7-13-23(19)24(20)18-22/h4-9,12-15,18,21H,1-3,10-11,16-17H2,(H,27,28)/b6-4-,9-4?,12-6?,20-9-,22-12+,22-18?,24-18+. The van der Waals surface area contributed by atoms with Crippen molar-refractivity contribution in [3.63, 3.8) is 0 Å². The van der Waals surface area contributed by atoms with Crippen LogP contribution < -0.4 is 15.8 Å². The summed E-state index contributed by atoms with van der Waals surface area (Å²) in [6, 6.07) is 12.6. The predicted molar refractivity (Wildman–Crippen MR) is 120 cm³/mol. The second-order valence-corrected chi connectivity index (χ2v) is 7.93. The Kier molecular flexibility index (Phi) is 6.43. The predicted octanol–water partition coefficient (Wildman–Crippen LogP) is 3.63. The summed E-state index contributed by atoms with van der Waals surface area (Å²) >= 11 is 0. The number of benzene rings is 2. The molecule has 2 aliphatic rings. The highest BCUT2D eigenvalue weighted by Gasteiger charge is 2.17. The van der Waals surface area contributed by atoms with E-state index in [1.54, 1.807) is 6.08 Å². The van der Waals surface area contributed by atoms with Gasteiger partial charge in [0.25, 0.3) is 0 Å². The summed E-state index contributed by atoms with van der Waals surface area (Å²) in [5, 5.41) is 7.37. The van der Waals surface area contributed by atoms with Crippen molar-refractivity contribution in [3.05, 3.63) is 70.8 Å². The van der Waals surface area contributed by atoms with Gasteiger partial charge in [0.2, 0.25) is 5.91 Å². The van der Waals surface area contributed by atoms with E-state index in [1.807, 2.05) is 36.4 Å². The molecule has 0 spiro atoms. The topological polar surface area (TPSA) is 55.4 Å². The number of nitrogens with one attached hydrogen (secondary N) is 1. The molecule has 0 atom stereocenters. The van der Waals surface area contributed by atoms with Gasteiger partial charge in [-0.25, -0.2) is 0 Å². The smallest absolute Gasteiger partial charge is 0.311 e. The third-order valence-corrected chi connectivity index (χ3v) is 5.70. The fraction of sp³-hybridized carbons (Fsp3) is 0.308. The van der Waals surface area contributed by atoms with Crippen LogP contribution >= 0.6 is 0 Å². The van der Waals surface area contributed by atoms with E-state index in [9.17, 15) is 9.59 Å². The number of ether oxygens (including phenoxy) is 1. The van der Waals surface area contributed by atoms with E-state index >= 15 is 0 Å². The second-order valence-electron chi connectivity index (χ2n) is 7.93. The highest BCUT2D eigenvalue weighted by Crippen LogP contribution is 2.17. The van der Waals surface area contributed by atoms with E-state index in [2.05, 4.69) is 29.6 Å². The Bertz CT molecular complexity index is 1120. The minimum atomic E-state index is -0.393. The third kappa shape index (κ3) is 5.07. The molecule has 1 saturated carbocycles. The first-order valence-electron chi connectivity index (χ1n) is 10.8. The number of fused-ring (bicyclic) bond motifs is 3. The Hall–Kier alpha value is -3.14. The van der Waals surface area contributed by atoms with Gasteiger partial charge in [-0.2, -0.15) is 0 Å². The maximum atomic E-state index is 12.4. The van der Waals surface area contributed by atoms with Crippen LogP contribution in [0.2, 0.25) is 0 Å². The lowest BCUT2D eigenvalue weighted by molar-refractivity contribution is -0.140. The summed E-state index contributed by atoms with van der Waals surface area (Å²) < 4.78 is 5.59. The molecule has 30 heavy (non-hydrogen) atoms. The van der Waals surface area contributed by atoms with Gasteiger partial charge in [-0.05, 0) is 46.2 Å². The zero-order valence-corrected chi connectivity index (χ0v) is 17.1. The molecule has 4 rings (SSSR count). The quantitative estimate of drug-likeness (QED) is 0.779. The van der Waals surface area contributed by atoms with E-state index < -0.39 is 5.97 Å². The van der Waals surface area contributed by atoms with Crippen LogP contribution in [0.25, 0.3) is 22.9 Å². The Labute approximate surface area is 176 Å². The number of esters is 1. The van der Waals surface area contributed by atoms with Gasteiger partial charge >= 0.3 is 5.97 Å². The van der Waals surface area contributed by atoms with E-state index in [1.165, 1.54) is 6.42 Å². The molecule has 1 N–H and O–H groups in total. The van der Waals surface area contributed by atoms with Crippen molar-refractivity contribution in [2.24, 2.45) is 0 Å². The molecule has 4 nitrogen and oxygen atoms in total. The largest absolute Gasteiger partial charge is 0.426 e. The first-order valence-corrected chi connectivity index (χ1v) is 10.8. The summed E-state index contributed by atoms with van der Waals surface area (Å²) in [5.74, 6) is 0.0194. The van der Waals surface area contributed by atoms with Gasteiger partial charge in [-0.15, -0.1) is 0 Å². The summed E-state index contributed by atoms with van der Waals surface area (Å²) in [7, 11) is 0. The van der Waals surface area contributed by atoms with Crippen LogP contribution in [0.3, 0.4) is 0 Å². The van der Waals surface area contributed by atoms with Crippen molar-refractivity contribution in [2.45, 2.75) is 51.0 Å². The van der Waals surface area contributed by atoms with Crippen LogP contribution in [0.15, 0.2) is 60.4 Å². The molecule has 154 valence electrons. The number of hydrogen-bond donors (Lipinski definition) is 1. The molecule has 4 heteroatoms. The van der Waals surface area contributed by atoms with Crippen molar-refractivity contribution in [2.75, 3.05) is 0 Å². The molecule has 0 unspecified atom stereocenters. The Morgan fingerprint density at radius 2 is 1.73 bits per heavy atom. The molecule has 1 fully saturated rings. The van der Waals surface area contributed by atoms with E-state index in [0.29, 0.717) is 5.76 Å². The van der Waals surface area contributed by atoms with Gasteiger partial charge in [0.15, 0.2) is 0 Å². The first kappa shape index (κ1) is 20.1. The van der Waals surface area contributed by atoms with Crippen LogP contribution in [-0.4, -0.2) is 17.9 Å². The van der Waals surface area contributed by atoms with Crippen molar-refractivity contribution in [1.29, 1.82) is 0 Å². The summed E-state index contributed by atoms with van der Waals surface area (Å²) in [5.41, 5.74) is 0. The molecular formula is C26H27NO3. The van der Waals surface area contributed by atoms with Gasteiger partial charge in [0.05, 0.1) is 6.42 Å². The summed E-state index contributed by atoms with van der Waals surface area (Å²) in [6.45, 7) is 0. The van der Waals surface area contributed by atoms with Crippen LogP contribution in [0.1, 0.15) is 44.9 Å². The van der Waals surface area contributed by atoms with Gasteiger partial charge in [0.1, 0.15) is 5.76 Å². The Morgan fingerprint density at radius 3 is 2.60 bits per heavy atom. The maximum Gasteiger partial charge on any atom is 0.311 e. The molecule has 2 aliphatic carbocycles. The third-order valence-electron chi connectivity index (χ3n) is 5.70. The maximum absolute atomic E-state index is 12.4. The van der Waals surface area contributed by atoms with Crippen LogP contribution in [-0.2, 0) is 14.3 Å². The van der Waals surface area contributed by atoms with Crippen LogP contribution in [0.4, 0.5) is 0 Å². The normalized spacial score (nSPS) is 21.4. The first-order chi connectivity index (χ1) is 14.7. The monoisotopic (exact) mass is 401 g/mol. The number of rotatable bonds is 5. The van der Waals surface area contributed by atoms with E-state index in [4.69, 9.17) is 4.74 Å². The lowest BCUT2D eigenvalue weighted by Crippen LogP contribution is -2.36. The van der Waals surface area contributed by atoms with Gasteiger partial charge in [-0.3, -0.25) is 9.59 Å². The number of hydrogen-bond acceptors (Lipinski definition) is 3. The highest BCUT2D eigenvalue weighted by atomic mass is 16.5. The van der Waals surface area contributed by atoms with Gasteiger partial charge in [-0.1, -0.05) is 73.9 Å². The van der Waals surface area contributed by atoms with Crippen LogP contribution in [0, 0.1) is 0 Å². The van der Waals surface area contributed by atoms with Gasteiger partial charge in [0, 0.05) is 12.5 Å². The minimum absolute atomic E-state index is 0.0692. The molecule has 0 heterocycles. The van der Waals surface area contributed by atoms with Crippen LogP contribution in [0.5, 0.6) is 0 Å². The summed E-state index contributed by atoms with van der Waals surface area (Å²) in [4.78, 5) is 24.5. The molecule has 2 aromatic rings.